The molecule has 1 N–H and O–H groups in total. The maximum Gasteiger partial charge on any atom is 0.306 e. The SMILES string of the molecule is CCC1(CC(=O)O)OCC(Cc2ccccc2)c2c1n(Cl)c1cccc(C)c21. The number of benzene rings is 2. The van der Waals surface area contributed by atoms with E-state index in [0.29, 0.717) is 13.0 Å². The Hall–Kier alpha value is -2.30. The molecule has 0 fully saturated rings. The molecular formula is C23H24ClNO3. The van der Waals surface area contributed by atoms with Gasteiger partial charge in [0.2, 0.25) is 0 Å². The van der Waals surface area contributed by atoms with E-state index >= 15 is 0 Å². The van der Waals surface area contributed by atoms with E-state index in [0.717, 1.165) is 34.1 Å². The third-order valence-electron chi connectivity index (χ3n) is 5.92. The molecule has 3 aromatic rings. The fourth-order valence-corrected chi connectivity index (χ4v) is 4.96. The third-order valence-corrected chi connectivity index (χ3v) is 6.27. The van der Waals surface area contributed by atoms with Crippen molar-refractivity contribution in [3.05, 3.63) is 70.9 Å². The summed E-state index contributed by atoms with van der Waals surface area (Å²) in [4.78, 5) is 11.7. The lowest BCUT2D eigenvalue weighted by molar-refractivity contribution is -0.149. The van der Waals surface area contributed by atoms with Gasteiger partial charge in [-0.3, -0.25) is 8.88 Å². The Morgan fingerprint density at radius 1 is 1.25 bits per heavy atom. The maximum atomic E-state index is 11.7. The molecule has 1 aliphatic rings. The van der Waals surface area contributed by atoms with Crippen LogP contribution in [0.5, 0.6) is 0 Å². The molecule has 4 nitrogen and oxygen atoms in total. The molecule has 146 valence electrons. The molecule has 28 heavy (non-hydrogen) atoms. The molecular weight excluding hydrogens is 374 g/mol. The Kier molecular flexibility index (Phi) is 4.94. The number of nitrogens with zero attached hydrogens (tertiary/aromatic N) is 1. The van der Waals surface area contributed by atoms with Crippen LogP contribution in [0.1, 0.15) is 48.1 Å². The summed E-state index contributed by atoms with van der Waals surface area (Å²) in [5.74, 6) is -0.762. The first-order valence-corrected chi connectivity index (χ1v) is 10.0. The quantitative estimate of drug-likeness (QED) is 0.628. The normalized spacial score (nSPS) is 21.6. The number of fused-ring (bicyclic) bond motifs is 3. The van der Waals surface area contributed by atoms with E-state index in [1.165, 1.54) is 5.56 Å². The molecule has 5 heteroatoms. The van der Waals surface area contributed by atoms with Gasteiger partial charge in [-0.1, -0.05) is 49.4 Å². The predicted molar refractivity (Wildman–Crippen MR) is 111 cm³/mol. The lowest BCUT2D eigenvalue weighted by Gasteiger charge is -2.39. The number of halogens is 1. The predicted octanol–water partition coefficient (Wildman–Crippen LogP) is 5.39. The summed E-state index contributed by atoms with van der Waals surface area (Å²) in [6, 6.07) is 16.4. The number of carboxylic acids is 1. The first-order chi connectivity index (χ1) is 13.5. The fourth-order valence-electron chi connectivity index (χ4n) is 4.58. The van der Waals surface area contributed by atoms with Gasteiger partial charge in [0.15, 0.2) is 0 Å². The molecule has 2 heterocycles. The molecule has 0 aliphatic carbocycles. The van der Waals surface area contributed by atoms with Gasteiger partial charge in [0.1, 0.15) is 5.60 Å². The number of carboxylic acid groups (broad SMARTS) is 1. The van der Waals surface area contributed by atoms with Gasteiger partial charge >= 0.3 is 5.97 Å². The second-order valence-corrected chi connectivity index (χ2v) is 7.97. The number of aromatic nitrogens is 1. The minimum absolute atomic E-state index is 0.101. The Morgan fingerprint density at radius 3 is 2.68 bits per heavy atom. The third kappa shape index (κ3) is 3.01. The van der Waals surface area contributed by atoms with E-state index in [9.17, 15) is 9.90 Å². The number of rotatable bonds is 5. The summed E-state index contributed by atoms with van der Waals surface area (Å²) in [7, 11) is 0. The van der Waals surface area contributed by atoms with Crippen LogP contribution in [0.25, 0.3) is 10.9 Å². The van der Waals surface area contributed by atoms with E-state index < -0.39 is 11.6 Å². The first-order valence-electron chi connectivity index (χ1n) is 9.67. The molecule has 2 aromatic carbocycles. The largest absolute Gasteiger partial charge is 0.481 e. The summed E-state index contributed by atoms with van der Waals surface area (Å²) in [5.41, 5.74) is 4.32. The summed E-state index contributed by atoms with van der Waals surface area (Å²) < 4.78 is 7.94. The van der Waals surface area contributed by atoms with Crippen molar-refractivity contribution < 1.29 is 14.6 Å². The molecule has 0 saturated carbocycles. The zero-order valence-corrected chi connectivity index (χ0v) is 16.9. The summed E-state index contributed by atoms with van der Waals surface area (Å²) in [5, 5.41) is 10.7. The molecule has 1 aromatic heterocycles. The van der Waals surface area contributed by atoms with E-state index in [2.05, 4.69) is 25.1 Å². The molecule has 0 bridgehead atoms. The number of hydrogen-bond acceptors (Lipinski definition) is 2. The standard InChI is InChI=1S/C23H24ClNO3/c1-3-23(13-19(26)27)22-21(20-15(2)8-7-11-18(20)25(22)24)17(14-28-23)12-16-9-5-4-6-10-16/h4-11,17H,3,12-14H2,1-2H3,(H,26,27). The Bertz CT molecular complexity index is 1030. The first kappa shape index (κ1) is 19.0. The highest BCUT2D eigenvalue weighted by atomic mass is 35.5. The van der Waals surface area contributed by atoms with Crippen LogP contribution in [0.4, 0.5) is 0 Å². The van der Waals surface area contributed by atoms with Crippen LogP contribution in [-0.4, -0.2) is 21.8 Å². The zero-order valence-electron chi connectivity index (χ0n) is 16.1. The molecule has 0 amide bonds. The van der Waals surface area contributed by atoms with Gasteiger partial charge in [0.05, 0.1) is 24.2 Å². The summed E-state index contributed by atoms with van der Waals surface area (Å²) in [6.07, 6.45) is 1.27. The number of carbonyl (C=O) groups is 1. The van der Waals surface area contributed by atoms with Crippen molar-refractivity contribution in [3.63, 3.8) is 0 Å². The highest BCUT2D eigenvalue weighted by Gasteiger charge is 2.45. The van der Waals surface area contributed by atoms with Crippen LogP contribution in [0.2, 0.25) is 0 Å². The molecule has 0 saturated heterocycles. The average Bonchev–Trinajstić information content (AvgIpc) is 3.00. The van der Waals surface area contributed by atoms with Crippen molar-refractivity contribution in [2.24, 2.45) is 0 Å². The van der Waals surface area contributed by atoms with Gasteiger partial charge in [-0.25, -0.2) is 0 Å². The van der Waals surface area contributed by atoms with Crippen LogP contribution in [0.3, 0.4) is 0 Å². The maximum absolute atomic E-state index is 11.7. The lowest BCUT2D eigenvalue weighted by Crippen LogP contribution is -2.40. The molecule has 0 spiro atoms. The van der Waals surface area contributed by atoms with Crippen LogP contribution in [0.15, 0.2) is 48.5 Å². The van der Waals surface area contributed by atoms with Gasteiger partial charge in [-0.2, -0.15) is 0 Å². The Labute approximate surface area is 169 Å². The fraction of sp³-hybridized carbons (Fsp3) is 0.348. The molecule has 2 unspecified atom stereocenters. The van der Waals surface area contributed by atoms with Crippen molar-refractivity contribution >= 4 is 28.6 Å². The van der Waals surface area contributed by atoms with Crippen molar-refractivity contribution in [1.82, 2.24) is 4.09 Å². The number of hydrogen-bond donors (Lipinski definition) is 1. The monoisotopic (exact) mass is 397 g/mol. The molecule has 0 radical (unpaired) electrons. The topological polar surface area (TPSA) is 51.5 Å². The Balaban J connectivity index is 1.95. The van der Waals surface area contributed by atoms with E-state index in [1.807, 2.05) is 37.3 Å². The van der Waals surface area contributed by atoms with Gasteiger partial charge in [0.25, 0.3) is 0 Å². The van der Waals surface area contributed by atoms with Crippen molar-refractivity contribution in [2.45, 2.75) is 44.6 Å². The highest BCUT2D eigenvalue weighted by molar-refractivity contribution is 6.20. The second kappa shape index (κ2) is 7.26. The number of aryl methyl sites for hydroxylation is 1. The van der Waals surface area contributed by atoms with Crippen molar-refractivity contribution in [3.8, 4) is 0 Å². The smallest absolute Gasteiger partial charge is 0.306 e. The average molecular weight is 398 g/mol. The van der Waals surface area contributed by atoms with Gasteiger partial charge in [-0.05, 0) is 42.5 Å². The van der Waals surface area contributed by atoms with Gasteiger partial charge in [0, 0.05) is 23.1 Å². The summed E-state index contributed by atoms with van der Waals surface area (Å²) in [6.45, 7) is 4.53. The minimum atomic E-state index is -0.915. The summed E-state index contributed by atoms with van der Waals surface area (Å²) >= 11 is 6.81. The lowest BCUT2D eigenvalue weighted by atomic mass is 9.79. The molecule has 2 atom stereocenters. The van der Waals surface area contributed by atoms with Crippen LogP contribution >= 0.6 is 11.8 Å². The molecule has 1 aliphatic heterocycles. The second-order valence-electron chi connectivity index (χ2n) is 7.63. The van der Waals surface area contributed by atoms with Crippen LogP contribution in [0, 0.1) is 6.92 Å². The van der Waals surface area contributed by atoms with Crippen molar-refractivity contribution in [2.75, 3.05) is 6.61 Å². The van der Waals surface area contributed by atoms with Gasteiger partial charge in [-0.15, -0.1) is 0 Å². The van der Waals surface area contributed by atoms with E-state index in [4.69, 9.17) is 16.5 Å². The van der Waals surface area contributed by atoms with Gasteiger partial charge < -0.3 is 9.84 Å². The number of aliphatic carboxylic acids is 1. The minimum Gasteiger partial charge on any atom is -0.481 e. The number of ether oxygens (including phenoxy) is 1. The van der Waals surface area contributed by atoms with Crippen molar-refractivity contribution in [1.29, 1.82) is 0 Å². The Morgan fingerprint density at radius 2 is 2.00 bits per heavy atom. The van der Waals surface area contributed by atoms with E-state index in [1.54, 1.807) is 4.09 Å². The van der Waals surface area contributed by atoms with E-state index in [-0.39, 0.29) is 12.3 Å². The molecule has 4 rings (SSSR count). The van der Waals surface area contributed by atoms with Crippen LogP contribution in [-0.2, 0) is 21.6 Å². The van der Waals surface area contributed by atoms with Crippen LogP contribution < -0.4 is 0 Å². The zero-order chi connectivity index (χ0) is 19.9. The highest BCUT2D eigenvalue weighted by Crippen LogP contribution is 2.49.